The maximum absolute atomic E-state index is 6.15. The molecule has 23 heavy (non-hydrogen) atoms. The molecule has 0 amide bonds. The first-order chi connectivity index (χ1) is 10.7. The molecule has 0 saturated heterocycles. The van der Waals surface area contributed by atoms with E-state index in [1.165, 1.54) is 13.0 Å². The largest absolute Gasteiger partial charge is 0.356 e. The lowest BCUT2D eigenvalue weighted by Gasteiger charge is -2.18. The number of unbranched alkanes of at least 4 members (excludes halogenated alkanes) is 1. The zero-order chi connectivity index (χ0) is 16.2. The van der Waals surface area contributed by atoms with Gasteiger partial charge in [0.1, 0.15) is 0 Å². The molecular weight excluding hydrogens is 423 g/mol. The zero-order valence-electron chi connectivity index (χ0n) is 14.4. The van der Waals surface area contributed by atoms with Gasteiger partial charge >= 0.3 is 0 Å². The fourth-order valence-electron chi connectivity index (χ4n) is 2.25. The third kappa shape index (κ3) is 9.37. The van der Waals surface area contributed by atoms with E-state index in [9.17, 15) is 0 Å². The van der Waals surface area contributed by atoms with Crippen molar-refractivity contribution in [1.29, 1.82) is 0 Å². The molecule has 0 radical (unpaired) electrons. The van der Waals surface area contributed by atoms with Gasteiger partial charge in [-0.15, -0.1) is 24.0 Å². The highest BCUT2D eigenvalue weighted by atomic mass is 127. The summed E-state index contributed by atoms with van der Waals surface area (Å²) in [4.78, 5) is 6.69. The van der Waals surface area contributed by atoms with Crippen molar-refractivity contribution in [3.63, 3.8) is 0 Å². The third-order valence-electron chi connectivity index (χ3n) is 3.72. The molecule has 0 heterocycles. The Morgan fingerprint density at radius 1 is 1.13 bits per heavy atom. The molecule has 1 aromatic rings. The number of guanidine groups is 1. The van der Waals surface area contributed by atoms with Crippen LogP contribution in [-0.4, -0.2) is 44.1 Å². The summed E-state index contributed by atoms with van der Waals surface area (Å²) in [7, 11) is 1.79. The van der Waals surface area contributed by atoms with E-state index in [2.05, 4.69) is 34.4 Å². The van der Waals surface area contributed by atoms with E-state index in [0.717, 1.165) is 42.6 Å². The number of halogens is 2. The highest BCUT2D eigenvalue weighted by Crippen LogP contribution is 2.14. The van der Waals surface area contributed by atoms with Gasteiger partial charge in [0.05, 0.1) is 0 Å². The summed E-state index contributed by atoms with van der Waals surface area (Å²) < 4.78 is 0. The van der Waals surface area contributed by atoms with Crippen LogP contribution in [0.2, 0.25) is 5.02 Å². The first kappa shape index (κ1) is 22.5. The van der Waals surface area contributed by atoms with Crippen molar-refractivity contribution >= 4 is 41.5 Å². The average molecular weight is 453 g/mol. The van der Waals surface area contributed by atoms with Gasteiger partial charge in [-0.1, -0.05) is 43.6 Å². The Morgan fingerprint density at radius 2 is 1.83 bits per heavy atom. The van der Waals surface area contributed by atoms with Crippen molar-refractivity contribution in [3.05, 3.63) is 34.9 Å². The Bertz CT molecular complexity index is 450. The van der Waals surface area contributed by atoms with Gasteiger partial charge in [-0.05, 0) is 44.1 Å². The van der Waals surface area contributed by atoms with Crippen LogP contribution in [-0.2, 0) is 6.54 Å². The zero-order valence-corrected chi connectivity index (χ0v) is 17.5. The quantitative estimate of drug-likeness (QED) is 0.259. The number of rotatable bonds is 9. The molecule has 0 aromatic heterocycles. The minimum Gasteiger partial charge on any atom is -0.356 e. The van der Waals surface area contributed by atoms with Gasteiger partial charge in [0.2, 0.25) is 0 Å². The van der Waals surface area contributed by atoms with Gasteiger partial charge in [-0.25, -0.2) is 0 Å². The second-order valence-electron chi connectivity index (χ2n) is 5.18. The monoisotopic (exact) mass is 452 g/mol. The van der Waals surface area contributed by atoms with Gasteiger partial charge in [-0.3, -0.25) is 4.99 Å². The fourth-order valence-corrected chi connectivity index (χ4v) is 2.45. The van der Waals surface area contributed by atoms with Crippen molar-refractivity contribution in [1.82, 2.24) is 15.5 Å². The summed E-state index contributed by atoms with van der Waals surface area (Å²) in [5, 5.41) is 7.42. The first-order valence-corrected chi connectivity index (χ1v) is 8.49. The number of nitrogens with one attached hydrogen (secondary N) is 2. The highest BCUT2D eigenvalue weighted by molar-refractivity contribution is 14.0. The molecule has 1 rings (SSSR count). The molecule has 4 nitrogen and oxygen atoms in total. The molecule has 0 fully saturated rings. The molecule has 0 aliphatic rings. The van der Waals surface area contributed by atoms with E-state index in [0.29, 0.717) is 6.54 Å². The normalized spacial score (nSPS) is 11.3. The molecular formula is C17H30ClIN4. The van der Waals surface area contributed by atoms with E-state index in [1.54, 1.807) is 7.05 Å². The number of hydrogen-bond acceptors (Lipinski definition) is 2. The Labute approximate surface area is 163 Å². The standard InChI is InChI=1S/C17H29ClN4.HI/c1-4-22(5-2)13-9-8-12-20-17(19-3)21-14-15-10-6-7-11-16(15)18;/h6-7,10-11H,4-5,8-9,12-14H2,1-3H3,(H2,19,20,21);1H. The summed E-state index contributed by atoms with van der Waals surface area (Å²) in [5.41, 5.74) is 1.08. The van der Waals surface area contributed by atoms with Crippen molar-refractivity contribution < 1.29 is 0 Å². The lowest BCUT2D eigenvalue weighted by atomic mass is 10.2. The minimum absolute atomic E-state index is 0. The van der Waals surface area contributed by atoms with Crippen LogP contribution in [0.25, 0.3) is 0 Å². The van der Waals surface area contributed by atoms with Gasteiger partial charge in [0, 0.05) is 25.2 Å². The van der Waals surface area contributed by atoms with Crippen LogP contribution in [0, 0.1) is 0 Å². The Morgan fingerprint density at radius 3 is 2.43 bits per heavy atom. The van der Waals surface area contributed by atoms with Crippen LogP contribution in [0.1, 0.15) is 32.3 Å². The van der Waals surface area contributed by atoms with Crippen molar-refractivity contribution in [2.24, 2.45) is 4.99 Å². The fraction of sp³-hybridized carbons (Fsp3) is 0.588. The molecule has 132 valence electrons. The maximum Gasteiger partial charge on any atom is 0.191 e. The summed E-state index contributed by atoms with van der Waals surface area (Å²) in [5.74, 6) is 0.822. The number of aliphatic imine (C=N–C) groups is 1. The second kappa shape index (κ2) is 13.9. The molecule has 1 aromatic carbocycles. The number of benzene rings is 1. The van der Waals surface area contributed by atoms with E-state index >= 15 is 0 Å². The Hall–Kier alpha value is -0.530. The predicted molar refractivity (Wildman–Crippen MR) is 112 cm³/mol. The number of hydrogen-bond donors (Lipinski definition) is 2. The Kier molecular flexibility index (Phi) is 13.5. The summed E-state index contributed by atoms with van der Waals surface area (Å²) in [6.07, 6.45) is 2.35. The molecule has 0 aliphatic carbocycles. The molecule has 0 unspecified atom stereocenters. The molecule has 0 atom stereocenters. The predicted octanol–water partition coefficient (Wildman–Crippen LogP) is 3.75. The number of nitrogens with zero attached hydrogens (tertiary/aromatic N) is 2. The Balaban J connectivity index is 0.00000484. The van der Waals surface area contributed by atoms with Crippen LogP contribution in [0.15, 0.2) is 29.3 Å². The average Bonchev–Trinajstić information content (AvgIpc) is 2.55. The van der Waals surface area contributed by atoms with Gasteiger partial charge < -0.3 is 15.5 Å². The van der Waals surface area contributed by atoms with Crippen LogP contribution in [0.5, 0.6) is 0 Å². The molecule has 0 aliphatic heterocycles. The van der Waals surface area contributed by atoms with Gasteiger partial charge in [-0.2, -0.15) is 0 Å². The topological polar surface area (TPSA) is 39.7 Å². The third-order valence-corrected chi connectivity index (χ3v) is 4.08. The summed E-state index contributed by atoms with van der Waals surface area (Å²) >= 11 is 6.15. The van der Waals surface area contributed by atoms with E-state index in [1.807, 2.05) is 24.3 Å². The van der Waals surface area contributed by atoms with Crippen molar-refractivity contribution in [3.8, 4) is 0 Å². The van der Waals surface area contributed by atoms with Gasteiger partial charge in [0.25, 0.3) is 0 Å². The molecule has 0 spiro atoms. The SMILES string of the molecule is CCN(CC)CCCCNC(=NC)NCc1ccccc1Cl.I. The summed E-state index contributed by atoms with van der Waals surface area (Å²) in [6, 6.07) is 7.86. The van der Waals surface area contributed by atoms with Crippen LogP contribution >= 0.6 is 35.6 Å². The van der Waals surface area contributed by atoms with Gasteiger partial charge in [0.15, 0.2) is 5.96 Å². The molecule has 0 bridgehead atoms. The lowest BCUT2D eigenvalue weighted by molar-refractivity contribution is 0.297. The van der Waals surface area contributed by atoms with E-state index < -0.39 is 0 Å². The van der Waals surface area contributed by atoms with E-state index in [4.69, 9.17) is 11.6 Å². The van der Waals surface area contributed by atoms with Crippen molar-refractivity contribution in [2.75, 3.05) is 33.2 Å². The van der Waals surface area contributed by atoms with Crippen LogP contribution < -0.4 is 10.6 Å². The van der Waals surface area contributed by atoms with Crippen LogP contribution in [0.3, 0.4) is 0 Å². The molecule has 6 heteroatoms. The highest BCUT2D eigenvalue weighted by Gasteiger charge is 2.02. The van der Waals surface area contributed by atoms with E-state index in [-0.39, 0.29) is 24.0 Å². The maximum atomic E-state index is 6.15. The lowest BCUT2D eigenvalue weighted by Crippen LogP contribution is -2.37. The molecule has 0 saturated carbocycles. The smallest absolute Gasteiger partial charge is 0.191 e. The summed E-state index contributed by atoms with van der Waals surface area (Å²) in [6.45, 7) is 9.46. The second-order valence-corrected chi connectivity index (χ2v) is 5.59. The van der Waals surface area contributed by atoms with Crippen LogP contribution in [0.4, 0.5) is 0 Å². The van der Waals surface area contributed by atoms with Crippen molar-refractivity contribution in [2.45, 2.75) is 33.2 Å². The first-order valence-electron chi connectivity index (χ1n) is 8.11. The minimum atomic E-state index is 0. The molecule has 2 N–H and O–H groups in total.